The Morgan fingerprint density at radius 1 is 1.24 bits per heavy atom. The zero-order chi connectivity index (χ0) is 14.7. The largest absolute Gasteiger partial charge is 0.306 e. The fraction of sp³-hybridized carbons (Fsp3) is 0.312. The summed E-state index contributed by atoms with van der Waals surface area (Å²) in [7, 11) is 0. The minimum absolute atomic E-state index is 0.115. The number of carbonyl (C=O) groups excluding carboxylic acids is 1. The number of nitrogens with one attached hydrogen (secondary N) is 1. The van der Waals surface area contributed by atoms with E-state index in [2.05, 4.69) is 22.2 Å². The van der Waals surface area contributed by atoms with Crippen molar-refractivity contribution < 1.29 is 4.79 Å². The van der Waals surface area contributed by atoms with Gasteiger partial charge in [-0.15, -0.1) is 11.8 Å². The van der Waals surface area contributed by atoms with Crippen molar-refractivity contribution in [1.29, 1.82) is 0 Å². The van der Waals surface area contributed by atoms with E-state index >= 15 is 0 Å². The summed E-state index contributed by atoms with van der Waals surface area (Å²) in [6.07, 6.45) is 4.53. The van der Waals surface area contributed by atoms with Crippen LogP contribution < -0.4 is 5.32 Å². The van der Waals surface area contributed by atoms with Crippen LogP contribution in [0.5, 0.6) is 0 Å². The maximum absolute atomic E-state index is 12.3. The normalized spacial score (nSPS) is 13.0. The molecule has 0 radical (unpaired) electrons. The van der Waals surface area contributed by atoms with E-state index < -0.39 is 0 Å². The van der Waals surface area contributed by atoms with E-state index in [1.54, 1.807) is 11.8 Å². The Hall–Kier alpha value is -1.88. The smallest absolute Gasteiger partial charge is 0.256 e. The minimum Gasteiger partial charge on any atom is -0.306 e. The molecule has 1 heterocycles. The number of nitrogens with zero attached hydrogens (tertiary/aromatic N) is 2. The van der Waals surface area contributed by atoms with Crippen molar-refractivity contribution in [2.45, 2.75) is 31.1 Å². The maximum atomic E-state index is 12.3. The SMILES string of the molecule is CCSc1ccc(C(=O)Nc2ncnc3c2CCC3)cc1. The number of rotatable bonds is 4. The lowest BCUT2D eigenvalue weighted by Crippen LogP contribution is -2.14. The molecule has 3 rings (SSSR count). The molecule has 1 aliphatic carbocycles. The topological polar surface area (TPSA) is 54.9 Å². The molecule has 0 unspecified atom stereocenters. The molecule has 4 nitrogen and oxygen atoms in total. The standard InChI is InChI=1S/C16H17N3OS/c1-2-21-12-8-6-11(7-9-12)16(20)19-15-13-4-3-5-14(13)17-10-18-15/h6-10H,2-5H2,1H3,(H,17,18,19,20). The van der Waals surface area contributed by atoms with Crippen molar-refractivity contribution in [3.63, 3.8) is 0 Å². The molecule has 0 spiro atoms. The van der Waals surface area contributed by atoms with Gasteiger partial charge in [0.25, 0.3) is 5.91 Å². The third-order valence-electron chi connectivity index (χ3n) is 3.53. The average Bonchev–Trinajstić information content (AvgIpc) is 2.98. The van der Waals surface area contributed by atoms with Crippen LogP contribution in [0.25, 0.3) is 0 Å². The Morgan fingerprint density at radius 2 is 2.05 bits per heavy atom. The second kappa shape index (κ2) is 6.26. The van der Waals surface area contributed by atoms with Gasteiger partial charge >= 0.3 is 0 Å². The Labute approximate surface area is 128 Å². The number of fused-ring (bicyclic) bond motifs is 1. The van der Waals surface area contributed by atoms with E-state index in [-0.39, 0.29) is 5.91 Å². The summed E-state index contributed by atoms with van der Waals surface area (Å²) in [4.78, 5) is 22.0. The van der Waals surface area contributed by atoms with Crippen molar-refractivity contribution >= 4 is 23.5 Å². The lowest BCUT2D eigenvalue weighted by molar-refractivity contribution is 0.102. The number of thioether (sulfide) groups is 1. The lowest BCUT2D eigenvalue weighted by Gasteiger charge is -2.08. The van der Waals surface area contributed by atoms with Crippen LogP contribution in [-0.2, 0) is 12.8 Å². The lowest BCUT2D eigenvalue weighted by atomic mass is 10.2. The van der Waals surface area contributed by atoms with Gasteiger partial charge in [0.2, 0.25) is 0 Å². The molecule has 2 aromatic rings. The quantitative estimate of drug-likeness (QED) is 0.880. The molecule has 1 amide bonds. The molecule has 0 saturated heterocycles. The monoisotopic (exact) mass is 299 g/mol. The first-order valence-electron chi connectivity index (χ1n) is 7.15. The van der Waals surface area contributed by atoms with Crippen LogP contribution >= 0.6 is 11.8 Å². The van der Waals surface area contributed by atoms with Gasteiger partial charge in [0.15, 0.2) is 0 Å². The number of aryl methyl sites for hydroxylation is 1. The van der Waals surface area contributed by atoms with Gasteiger partial charge in [-0.25, -0.2) is 9.97 Å². The second-order valence-corrected chi connectivity index (χ2v) is 6.25. The highest BCUT2D eigenvalue weighted by molar-refractivity contribution is 7.99. The van der Waals surface area contributed by atoms with Gasteiger partial charge in [0.1, 0.15) is 12.1 Å². The van der Waals surface area contributed by atoms with Crippen molar-refractivity contribution in [3.8, 4) is 0 Å². The third-order valence-corrected chi connectivity index (χ3v) is 4.43. The fourth-order valence-corrected chi connectivity index (χ4v) is 3.18. The predicted molar refractivity (Wildman–Crippen MR) is 84.9 cm³/mol. The average molecular weight is 299 g/mol. The van der Waals surface area contributed by atoms with Gasteiger partial charge < -0.3 is 5.32 Å². The Balaban J connectivity index is 1.76. The Morgan fingerprint density at radius 3 is 2.81 bits per heavy atom. The molecule has 0 saturated carbocycles. The highest BCUT2D eigenvalue weighted by Crippen LogP contribution is 2.25. The molecule has 0 fully saturated rings. The first kappa shape index (κ1) is 14.1. The van der Waals surface area contributed by atoms with Gasteiger partial charge in [-0.1, -0.05) is 6.92 Å². The van der Waals surface area contributed by atoms with E-state index in [4.69, 9.17) is 0 Å². The third kappa shape index (κ3) is 3.08. The summed E-state index contributed by atoms with van der Waals surface area (Å²) < 4.78 is 0. The molecule has 0 bridgehead atoms. The highest BCUT2D eigenvalue weighted by Gasteiger charge is 2.18. The van der Waals surface area contributed by atoms with Crippen LogP contribution in [0.2, 0.25) is 0 Å². The molecule has 0 atom stereocenters. The van der Waals surface area contributed by atoms with Crippen molar-refractivity contribution in [2.75, 3.05) is 11.1 Å². The Kier molecular flexibility index (Phi) is 4.20. The number of aromatic nitrogens is 2. The van der Waals surface area contributed by atoms with E-state index in [0.717, 1.165) is 36.3 Å². The van der Waals surface area contributed by atoms with Crippen LogP contribution in [-0.4, -0.2) is 21.6 Å². The summed E-state index contributed by atoms with van der Waals surface area (Å²) in [6, 6.07) is 7.67. The molecule has 5 heteroatoms. The minimum atomic E-state index is -0.115. The van der Waals surface area contributed by atoms with E-state index in [9.17, 15) is 4.79 Å². The number of carbonyl (C=O) groups is 1. The van der Waals surface area contributed by atoms with Crippen molar-refractivity contribution in [1.82, 2.24) is 9.97 Å². The van der Waals surface area contributed by atoms with Crippen LogP contribution in [0.1, 0.15) is 35.0 Å². The molecule has 108 valence electrons. The van der Waals surface area contributed by atoms with Gasteiger partial charge in [-0.05, 0) is 49.3 Å². The number of hydrogen-bond donors (Lipinski definition) is 1. The number of benzene rings is 1. The first-order chi connectivity index (χ1) is 10.3. The molecular weight excluding hydrogens is 282 g/mol. The Bertz CT molecular complexity index is 655. The number of amides is 1. The van der Waals surface area contributed by atoms with Gasteiger partial charge in [-0.2, -0.15) is 0 Å². The van der Waals surface area contributed by atoms with Crippen LogP contribution in [0.3, 0.4) is 0 Å². The molecule has 1 N–H and O–H groups in total. The summed E-state index contributed by atoms with van der Waals surface area (Å²) in [6.45, 7) is 2.11. The summed E-state index contributed by atoms with van der Waals surface area (Å²) >= 11 is 1.76. The van der Waals surface area contributed by atoms with E-state index in [0.29, 0.717) is 11.4 Å². The summed E-state index contributed by atoms with van der Waals surface area (Å²) in [5.41, 5.74) is 2.81. The van der Waals surface area contributed by atoms with Crippen LogP contribution in [0.4, 0.5) is 5.82 Å². The van der Waals surface area contributed by atoms with Crippen molar-refractivity contribution in [2.24, 2.45) is 0 Å². The zero-order valence-electron chi connectivity index (χ0n) is 11.9. The van der Waals surface area contributed by atoms with Gasteiger partial charge in [0.05, 0.1) is 0 Å². The fourth-order valence-electron chi connectivity index (χ4n) is 2.52. The number of anilines is 1. The molecule has 1 aliphatic rings. The zero-order valence-corrected chi connectivity index (χ0v) is 12.7. The van der Waals surface area contributed by atoms with Crippen LogP contribution in [0.15, 0.2) is 35.5 Å². The number of hydrogen-bond acceptors (Lipinski definition) is 4. The molecule has 21 heavy (non-hydrogen) atoms. The maximum Gasteiger partial charge on any atom is 0.256 e. The second-order valence-electron chi connectivity index (χ2n) is 4.91. The first-order valence-corrected chi connectivity index (χ1v) is 8.13. The highest BCUT2D eigenvalue weighted by atomic mass is 32.2. The predicted octanol–water partition coefficient (Wildman–Crippen LogP) is 3.33. The van der Waals surface area contributed by atoms with E-state index in [1.165, 1.54) is 11.2 Å². The molecule has 1 aromatic heterocycles. The molecule has 0 aliphatic heterocycles. The molecule has 1 aromatic carbocycles. The summed E-state index contributed by atoms with van der Waals surface area (Å²) in [5, 5.41) is 2.91. The van der Waals surface area contributed by atoms with E-state index in [1.807, 2.05) is 24.3 Å². The summed E-state index contributed by atoms with van der Waals surface area (Å²) in [5.74, 6) is 1.57. The van der Waals surface area contributed by atoms with Crippen molar-refractivity contribution in [3.05, 3.63) is 47.4 Å². The van der Waals surface area contributed by atoms with Gasteiger partial charge in [-0.3, -0.25) is 4.79 Å². The van der Waals surface area contributed by atoms with Gasteiger partial charge in [0, 0.05) is 21.7 Å². The molecular formula is C16H17N3OS. The van der Waals surface area contributed by atoms with Crippen LogP contribution in [0, 0.1) is 0 Å².